The Balaban J connectivity index is 2.86. The van der Waals surface area contributed by atoms with Crippen molar-refractivity contribution in [3.63, 3.8) is 0 Å². The maximum absolute atomic E-state index is 11.7. The van der Waals surface area contributed by atoms with Crippen LogP contribution in [-0.2, 0) is 0 Å². The van der Waals surface area contributed by atoms with Crippen LogP contribution >= 0.6 is 0 Å². The molecule has 0 aliphatic rings. The molecular formula is C10H9FO. The molecule has 12 heavy (non-hydrogen) atoms. The van der Waals surface area contributed by atoms with Crippen molar-refractivity contribution in [2.75, 3.05) is 13.8 Å². The number of rotatable bonds is 1. The summed E-state index contributed by atoms with van der Waals surface area (Å²) < 4.78 is 16.6. The zero-order chi connectivity index (χ0) is 8.81. The van der Waals surface area contributed by atoms with Gasteiger partial charge in [-0.05, 0) is 18.2 Å². The van der Waals surface area contributed by atoms with E-state index in [-0.39, 0.29) is 0 Å². The summed E-state index contributed by atoms with van der Waals surface area (Å²) in [6.07, 6.45) is 0. The molecule has 0 saturated carbocycles. The Bertz CT molecular complexity index is 309. The van der Waals surface area contributed by atoms with Gasteiger partial charge in [0.1, 0.15) is 5.75 Å². The Morgan fingerprint density at radius 2 is 2.33 bits per heavy atom. The van der Waals surface area contributed by atoms with Gasteiger partial charge in [0.05, 0.1) is 7.11 Å². The minimum atomic E-state index is -0.614. The third-order valence-corrected chi connectivity index (χ3v) is 1.37. The van der Waals surface area contributed by atoms with Crippen LogP contribution < -0.4 is 4.74 Å². The summed E-state index contributed by atoms with van der Waals surface area (Å²) in [5.74, 6) is 5.74. The summed E-state index contributed by atoms with van der Waals surface area (Å²) in [6, 6.07) is 7.22. The highest BCUT2D eigenvalue weighted by Crippen LogP contribution is 2.10. The van der Waals surface area contributed by atoms with Crippen LogP contribution in [0.25, 0.3) is 0 Å². The van der Waals surface area contributed by atoms with Gasteiger partial charge in [-0.3, -0.25) is 0 Å². The second kappa shape index (κ2) is 4.40. The molecular weight excluding hydrogens is 155 g/mol. The van der Waals surface area contributed by atoms with Crippen molar-refractivity contribution in [1.82, 2.24) is 0 Å². The predicted molar refractivity (Wildman–Crippen MR) is 45.8 cm³/mol. The van der Waals surface area contributed by atoms with Crippen LogP contribution in [-0.4, -0.2) is 13.8 Å². The third kappa shape index (κ3) is 2.28. The summed E-state index contributed by atoms with van der Waals surface area (Å²) in [6.45, 7) is -0.614. The fourth-order valence-corrected chi connectivity index (χ4v) is 0.836. The topological polar surface area (TPSA) is 9.23 Å². The molecule has 1 nitrogen and oxygen atoms in total. The number of hydrogen-bond acceptors (Lipinski definition) is 1. The standard InChI is InChI=1S/C10H9FO/c1-12-10-6-2-4-9(8-10)5-3-7-11/h2,4,6,8H,7H2,1H3. The molecule has 1 aromatic carbocycles. The van der Waals surface area contributed by atoms with E-state index in [0.29, 0.717) is 0 Å². The fourth-order valence-electron chi connectivity index (χ4n) is 0.836. The summed E-state index contributed by atoms with van der Waals surface area (Å²) in [5, 5.41) is 0. The maximum Gasteiger partial charge on any atom is 0.150 e. The molecule has 0 aliphatic carbocycles. The molecule has 0 spiro atoms. The molecule has 0 heterocycles. The van der Waals surface area contributed by atoms with Crippen molar-refractivity contribution < 1.29 is 9.13 Å². The Labute approximate surface area is 71.2 Å². The van der Waals surface area contributed by atoms with Crippen molar-refractivity contribution in [3.05, 3.63) is 29.8 Å². The molecule has 2 heteroatoms. The summed E-state index contributed by atoms with van der Waals surface area (Å²) in [7, 11) is 1.59. The molecule has 0 aromatic heterocycles. The van der Waals surface area contributed by atoms with Crippen LogP contribution in [0.3, 0.4) is 0 Å². The molecule has 0 fully saturated rings. The Hall–Kier alpha value is -1.49. The van der Waals surface area contributed by atoms with Crippen LogP contribution in [0.5, 0.6) is 5.75 Å². The Kier molecular flexibility index (Phi) is 3.16. The molecule has 0 bridgehead atoms. The van der Waals surface area contributed by atoms with Crippen molar-refractivity contribution in [3.8, 4) is 17.6 Å². The summed E-state index contributed by atoms with van der Waals surface area (Å²) in [5.41, 5.74) is 0.770. The van der Waals surface area contributed by atoms with E-state index in [4.69, 9.17) is 4.74 Å². The van der Waals surface area contributed by atoms with Gasteiger partial charge in [0.15, 0.2) is 6.67 Å². The van der Waals surface area contributed by atoms with Gasteiger partial charge in [-0.2, -0.15) is 0 Å². The van der Waals surface area contributed by atoms with Gasteiger partial charge in [0.2, 0.25) is 0 Å². The first kappa shape index (κ1) is 8.61. The lowest BCUT2D eigenvalue weighted by Crippen LogP contribution is -1.82. The largest absolute Gasteiger partial charge is 0.497 e. The lowest BCUT2D eigenvalue weighted by atomic mass is 10.2. The maximum atomic E-state index is 11.7. The summed E-state index contributed by atoms with van der Waals surface area (Å²) >= 11 is 0. The van der Waals surface area contributed by atoms with Crippen molar-refractivity contribution in [1.29, 1.82) is 0 Å². The van der Waals surface area contributed by atoms with E-state index in [2.05, 4.69) is 11.8 Å². The van der Waals surface area contributed by atoms with E-state index in [1.54, 1.807) is 13.2 Å². The van der Waals surface area contributed by atoms with E-state index in [0.717, 1.165) is 11.3 Å². The third-order valence-electron chi connectivity index (χ3n) is 1.37. The van der Waals surface area contributed by atoms with Crippen LogP contribution in [0, 0.1) is 11.8 Å². The van der Waals surface area contributed by atoms with Crippen LogP contribution in [0.4, 0.5) is 4.39 Å². The molecule has 0 saturated heterocycles. The molecule has 0 radical (unpaired) electrons. The average Bonchev–Trinajstić information content (AvgIpc) is 2.15. The van der Waals surface area contributed by atoms with Gasteiger partial charge in [-0.15, -0.1) is 0 Å². The predicted octanol–water partition coefficient (Wildman–Crippen LogP) is 2.02. The van der Waals surface area contributed by atoms with E-state index in [1.165, 1.54) is 0 Å². The van der Waals surface area contributed by atoms with Gasteiger partial charge >= 0.3 is 0 Å². The van der Waals surface area contributed by atoms with E-state index in [9.17, 15) is 4.39 Å². The molecule has 62 valence electrons. The minimum absolute atomic E-state index is 0.614. The Morgan fingerprint density at radius 1 is 1.50 bits per heavy atom. The minimum Gasteiger partial charge on any atom is -0.497 e. The zero-order valence-electron chi connectivity index (χ0n) is 6.80. The first-order valence-electron chi connectivity index (χ1n) is 3.55. The number of benzene rings is 1. The van der Waals surface area contributed by atoms with Gasteiger partial charge in [0, 0.05) is 5.56 Å². The van der Waals surface area contributed by atoms with Gasteiger partial charge in [-0.25, -0.2) is 4.39 Å². The first-order valence-corrected chi connectivity index (χ1v) is 3.55. The smallest absolute Gasteiger partial charge is 0.150 e. The molecule has 0 unspecified atom stereocenters. The quantitative estimate of drug-likeness (QED) is 0.577. The molecule has 0 aliphatic heterocycles. The highest BCUT2D eigenvalue weighted by atomic mass is 19.1. The average molecular weight is 164 g/mol. The van der Waals surface area contributed by atoms with Crippen LogP contribution in [0.15, 0.2) is 24.3 Å². The number of ether oxygens (including phenoxy) is 1. The Morgan fingerprint density at radius 3 is 3.00 bits per heavy atom. The molecule has 0 atom stereocenters. The fraction of sp³-hybridized carbons (Fsp3) is 0.200. The lowest BCUT2D eigenvalue weighted by Gasteiger charge is -1.97. The van der Waals surface area contributed by atoms with Crippen LogP contribution in [0.2, 0.25) is 0 Å². The van der Waals surface area contributed by atoms with Crippen molar-refractivity contribution in [2.24, 2.45) is 0 Å². The monoisotopic (exact) mass is 164 g/mol. The second-order valence-electron chi connectivity index (χ2n) is 2.17. The highest BCUT2D eigenvalue weighted by molar-refractivity contribution is 5.39. The number of methoxy groups -OCH3 is 1. The molecule has 1 rings (SSSR count). The molecule has 0 amide bonds. The van der Waals surface area contributed by atoms with E-state index in [1.807, 2.05) is 18.2 Å². The second-order valence-corrected chi connectivity index (χ2v) is 2.17. The van der Waals surface area contributed by atoms with Gasteiger partial charge in [0.25, 0.3) is 0 Å². The van der Waals surface area contributed by atoms with Gasteiger partial charge in [-0.1, -0.05) is 17.9 Å². The van der Waals surface area contributed by atoms with Crippen molar-refractivity contribution >= 4 is 0 Å². The van der Waals surface area contributed by atoms with Gasteiger partial charge < -0.3 is 4.74 Å². The van der Waals surface area contributed by atoms with Crippen LogP contribution in [0.1, 0.15) is 5.56 Å². The summed E-state index contributed by atoms with van der Waals surface area (Å²) in [4.78, 5) is 0. The molecule has 1 aromatic rings. The number of alkyl halides is 1. The van der Waals surface area contributed by atoms with E-state index >= 15 is 0 Å². The first-order chi connectivity index (χ1) is 5.86. The number of halogens is 1. The normalized spacial score (nSPS) is 8.50. The van der Waals surface area contributed by atoms with E-state index < -0.39 is 6.67 Å². The molecule has 0 N–H and O–H groups in total. The number of hydrogen-bond donors (Lipinski definition) is 0. The highest BCUT2D eigenvalue weighted by Gasteiger charge is 1.90. The van der Waals surface area contributed by atoms with Crippen molar-refractivity contribution in [2.45, 2.75) is 0 Å². The zero-order valence-corrected chi connectivity index (χ0v) is 6.80. The SMILES string of the molecule is COc1cccc(C#CCF)c1. The lowest BCUT2D eigenvalue weighted by molar-refractivity contribution is 0.414.